The van der Waals surface area contributed by atoms with E-state index in [9.17, 15) is 4.79 Å². The summed E-state index contributed by atoms with van der Waals surface area (Å²) in [6.07, 6.45) is 3.86. The number of ether oxygens (including phenoxy) is 2. The number of rotatable bonds is 5. The molecule has 0 aliphatic carbocycles. The Bertz CT molecular complexity index is 254. The Hall–Kier alpha value is -0.360. The van der Waals surface area contributed by atoms with E-state index < -0.39 is 0 Å². The highest BCUT2D eigenvalue weighted by Gasteiger charge is 2.17. The minimum Gasteiger partial charge on any atom is -0.381 e. The Kier molecular flexibility index (Phi) is 8.37. The molecule has 0 aromatic rings. The van der Waals surface area contributed by atoms with E-state index in [1.807, 2.05) is 0 Å². The summed E-state index contributed by atoms with van der Waals surface area (Å²) in [6, 6.07) is 0.182. The number of hydrogen-bond acceptors (Lipinski definition) is 4. The van der Waals surface area contributed by atoms with Crippen molar-refractivity contribution in [2.45, 2.75) is 31.7 Å². The van der Waals surface area contributed by atoms with Crippen molar-refractivity contribution in [1.29, 1.82) is 0 Å². The van der Waals surface area contributed by atoms with E-state index in [1.165, 1.54) is 0 Å². The van der Waals surface area contributed by atoms with Gasteiger partial charge in [0.2, 0.25) is 5.91 Å². The number of halogens is 1. The molecular formula is C13H25ClN2O3. The van der Waals surface area contributed by atoms with Crippen LogP contribution in [0.4, 0.5) is 0 Å². The molecule has 0 aromatic carbocycles. The van der Waals surface area contributed by atoms with Gasteiger partial charge < -0.3 is 20.1 Å². The molecule has 0 spiro atoms. The Balaban J connectivity index is 0.00000180. The molecule has 2 saturated heterocycles. The van der Waals surface area contributed by atoms with E-state index in [2.05, 4.69) is 10.6 Å². The zero-order chi connectivity index (χ0) is 12.6. The summed E-state index contributed by atoms with van der Waals surface area (Å²) < 4.78 is 10.6. The third kappa shape index (κ3) is 6.56. The van der Waals surface area contributed by atoms with Crippen molar-refractivity contribution in [2.75, 3.05) is 39.5 Å². The first kappa shape index (κ1) is 16.7. The predicted octanol–water partition coefficient (Wildman–Crippen LogP) is 0.720. The van der Waals surface area contributed by atoms with Gasteiger partial charge in [-0.15, -0.1) is 12.4 Å². The first-order valence-corrected chi connectivity index (χ1v) is 7.00. The molecular weight excluding hydrogens is 268 g/mol. The van der Waals surface area contributed by atoms with Crippen LogP contribution in [-0.4, -0.2) is 51.5 Å². The van der Waals surface area contributed by atoms with Gasteiger partial charge in [0.15, 0.2) is 0 Å². The van der Waals surface area contributed by atoms with Crippen LogP contribution in [0.2, 0.25) is 0 Å². The molecule has 1 unspecified atom stereocenters. The van der Waals surface area contributed by atoms with Crippen LogP contribution in [0.1, 0.15) is 25.7 Å². The van der Waals surface area contributed by atoms with E-state index in [1.54, 1.807) is 0 Å². The molecule has 2 aliphatic rings. The van der Waals surface area contributed by atoms with Crippen LogP contribution in [-0.2, 0) is 14.3 Å². The average Bonchev–Trinajstić information content (AvgIpc) is 2.41. The van der Waals surface area contributed by atoms with Gasteiger partial charge in [0, 0.05) is 38.8 Å². The standard InChI is InChI=1S/C13H24N2O3.ClH/c16-13(9-12-10-18-8-5-14-12)15-4-1-11-2-6-17-7-3-11;/h11-12,14H,1-10H2,(H,15,16);1H. The molecule has 1 amide bonds. The van der Waals surface area contributed by atoms with E-state index in [4.69, 9.17) is 9.47 Å². The van der Waals surface area contributed by atoms with Crippen molar-refractivity contribution in [1.82, 2.24) is 10.6 Å². The van der Waals surface area contributed by atoms with Crippen molar-refractivity contribution < 1.29 is 14.3 Å². The third-order valence-corrected chi connectivity index (χ3v) is 3.65. The Labute approximate surface area is 121 Å². The second kappa shape index (κ2) is 9.53. The monoisotopic (exact) mass is 292 g/mol. The average molecular weight is 293 g/mol. The number of carbonyl (C=O) groups is 1. The van der Waals surface area contributed by atoms with E-state index >= 15 is 0 Å². The highest BCUT2D eigenvalue weighted by atomic mass is 35.5. The molecule has 2 heterocycles. The second-order valence-electron chi connectivity index (χ2n) is 5.12. The summed E-state index contributed by atoms with van der Waals surface area (Å²) in [5.74, 6) is 0.847. The van der Waals surface area contributed by atoms with Crippen molar-refractivity contribution in [3.05, 3.63) is 0 Å². The largest absolute Gasteiger partial charge is 0.381 e. The molecule has 19 heavy (non-hydrogen) atoms. The van der Waals surface area contributed by atoms with Gasteiger partial charge in [-0.1, -0.05) is 0 Å². The smallest absolute Gasteiger partial charge is 0.221 e. The van der Waals surface area contributed by atoms with Gasteiger partial charge in [0.25, 0.3) is 0 Å². The fourth-order valence-electron chi connectivity index (χ4n) is 2.50. The first-order valence-electron chi connectivity index (χ1n) is 7.00. The molecule has 2 N–H and O–H groups in total. The molecule has 2 aliphatic heterocycles. The number of amides is 1. The SMILES string of the molecule is Cl.O=C(CC1COCCN1)NCCC1CCOCC1. The fraction of sp³-hybridized carbons (Fsp3) is 0.923. The maximum atomic E-state index is 11.7. The lowest BCUT2D eigenvalue weighted by atomic mass is 9.97. The summed E-state index contributed by atoms with van der Waals surface area (Å²) in [5, 5.41) is 6.29. The van der Waals surface area contributed by atoms with Crippen LogP contribution in [0, 0.1) is 5.92 Å². The van der Waals surface area contributed by atoms with Gasteiger partial charge >= 0.3 is 0 Å². The maximum absolute atomic E-state index is 11.7. The van der Waals surface area contributed by atoms with Crippen molar-refractivity contribution in [2.24, 2.45) is 5.92 Å². The number of carbonyl (C=O) groups excluding carboxylic acids is 1. The first-order chi connectivity index (χ1) is 8.84. The lowest BCUT2D eigenvalue weighted by Crippen LogP contribution is -2.44. The highest BCUT2D eigenvalue weighted by molar-refractivity contribution is 5.85. The molecule has 0 aromatic heterocycles. The molecule has 2 fully saturated rings. The molecule has 112 valence electrons. The molecule has 0 bridgehead atoms. The maximum Gasteiger partial charge on any atom is 0.221 e. The lowest BCUT2D eigenvalue weighted by Gasteiger charge is -2.24. The molecule has 6 heteroatoms. The van der Waals surface area contributed by atoms with Gasteiger partial charge in [0.05, 0.1) is 13.2 Å². The zero-order valence-electron chi connectivity index (χ0n) is 11.4. The fourth-order valence-corrected chi connectivity index (χ4v) is 2.50. The summed E-state index contributed by atoms with van der Waals surface area (Å²) >= 11 is 0. The Morgan fingerprint density at radius 3 is 2.68 bits per heavy atom. The predicted molar refractivity (Wildman–Crippen MR) is 75.6 cm³/mol. The van der Waals surface area contributed by atoms with Gasteiger partial charge in [-0.05, 0) is 25.2 Å². The van der Waals surface area contributed by atoms with Gasteiger partial charge in [-0.2, -0.15) is 0 Å². The highest BCUT2D eigenvalue weighted by Crippen LogP contribution is 2.17. The second-order valence-corrected chi connectivity index (χ2v) is 5.12. The molecule has 2 rings (SSSR count). The molecule has 0 radical (unpaired) electrons. The van der Waals surface area contributed by atoms with Gasteiger partial charge in [-0.3, -0.25) is 4.79 Å². The third-order valence-electron chi connectivity index (χ3n) is 3.65. The summed E-state index contributed by atoms with van der Waals surface area (Å²) in [4.78, 5) is 11.7. The number of morpholine rings is 1. The van der Waals surface area contributed by atoms with Crippen LogP contribution in [0.3, 0.4) is 0 Å². The van der Waals surface area contributed by atoms with E-state index in [0.29, 0.717) is 13.0 Å². The normalized spacial score (nSPS) is 24.5. The van der Waals surface area contributed by atoms with Crippen LogP contribution in [0.25, 0.3) is 0 Å². The minimum absolute atomic E-state index is 0. The van der Waals surface area contributed by atoms with Crippen molar-refractivity contribution in [3.63, 3.8) is 0 Å². The molecule has 1 atom stereocenters. The van der Waals surface area contributed by atoms with Crippen molar-refractivity contribution in [3.8, 4) is 0 Å². The van der Waals surface area contributed by atoms with Gasteiger partial charge in [-0.25, -0.2) is 0 Å². The Morgan fingerprint density at radius 1 is 1.21 bits per heavy atom. The van der Waals surface area contributed by atoms with E-state index in [0.717, 1.165) is 58.1 Å². The van der Waals surface area contributed by atoms with Crippen LogP contribution < -0.4 is 10.6 Å². The molecule has 5 nitrogen and oxygen atoms in total. The summed E-state index contributed by atoms with van der Waals surface area (Å²) in [6.45, 7) is 4.79. The quantitative estimate of drug-likeness (QED) is 0.784. The van der Waals surface area contributed by atoms with Crippen LogP contribution >= 0.6 is 12.4 Å². The lowest BCUT2D eigenvalue weighted by molar-refractivity contribution is -0.122. The van der Waals surface area contributed by atoms with Crippen LogP contribution in [0.15, 0.2) is 0 Å². The summed E-state index contributed by atoms with van der Waals surface area (Å²) in [5.41, 5.74) is 0. The zero-order valence-corrected chi connectivity index (χ0v) is 12.2. The van der Waals surface area contributed by atoms with Crippen molar-refractivity contribution >= 4 is 18.3 Å². The van der Waals surface area contributed by atoms with Crippen LogP contribution in [0.5, 0.6) is 0 Å². The Morgan fingerprint density at radius 2 is 2.00 bits per heavy atom. The topological polar surface area (TPSA) is 59.6 Å². The number of hydrogen-bond donors (Lipinski definition) is 2. The number of nitrogens with one attached hydrogen (secondary N) is 2. The minimum atomic E-state index is 0. The van der Waals surface area contributed by atoms with Gasteiger partial charge in [0.1, 0.15) is 0 Å². The molecule has 0 saturated carbocycles. The summed E-state index contributed by atoms with van der Waals surface area (Å²) in [7, 11) is 0. The van der Waals surface area contributed by atoms with E-state index in [-0.39, 0.29) is 24.4 Å².